The molecule has 5 aromatic rings. The van der Waals surface area contributed by atoms with Crippen LogP contribution in [0, 0.1) is 5.92 Å². The number of imidazole rings is 1. The van der Waals surface area contributed by atoms with E-state index in [0.717, 1.165) is 48.3 Å². The van der Waals surface area contributed by atoms with Crippen molar-refractivity contribution in [1.82, 2.24) is 23.9 Å². The van der Waals surface area contributed by atoms with Gasteiger partial charge in [0.05, 0.1) is 24.7 Å². The molecule has 0 unspecified atom stereocenters. The minimum atomic E-state index is -0.630. The van der Waals surface area contributed by atoms with Gasteiger partial charge in [0.1, 0.15) is 22.7 Å². The number of rotatable bonds is 9. The minimum Gasteiger partial charge on any atom is -0.494 e. The highest BCUT2D eigenvalue weighted by Crippen LogP contribution is 2.43. The molecule has 1 aliphatic heterocycles. The van der Waals surface area contributed by atoms with Gasteiger partial charge in [0, 0.05) is 49.7 Å². The second kappa shape index (κ2) is 13.3. The summed E-state index contributed by atoms with van der Waals surface area (Å²) in [5.41, 5.74) is 6.00. The molecule has 3 aromatic carbocycles. The van der Waals surface area contributed by atoms with Gasteiger partial charge in [0.15, 0.2) is 0 Å². The normalized spacial score (nSPS) is 18.5. The van der Waals surface area contributed by atoms with Crippen molar-refractivity contribution in [3.05, 3.63) is 107 Å². The van der Waals surface area contributed by atoms with Gasteiger partial charge in [-0.25, -0.2) is 9.78 Å². The molecule has 9 nitrogen and oxygen atoms in total. The second-order valence-electron chi connectivity index (χ2n) is 14.6. The molecule has 2 fully saturated rings. The van der Waals surface area contributed by atoms with Crippen molar-refractivity contribution in [3.63, 3.8) is 0 Å². The zero-order valence-corrected chi connectivity index (χ0v) is 29.9. The van der Waals surface area contributed by atoms with Crippen molar-refractivity contribution >= 4 is 23.0 Å². The highest BCUT2D eigenvalue weighted by molar-refractivity contribution is 6.00. The Balaban J connectivity index is 1.19. The number of nitrogens with zero attached hydrogens (tertiary/aromatic N) is 5. The summed E-state index contributed by atoms with van der Waals surface area (Å²) >= 11 is 0. The molecule has 0 N–H and O–H groups in total. The highest BCUT2D eigenvalue weighted by Gasteiger charge is 2.53. The van der Waals surface area contributed by atoms with Gasteiger partial charge < -0.3 is 23.5 Å². The van der Waals surface area contributed by atoms with Gasteiger partial charge in [-0.15, -0.1) is 0 Å². The molecule has 1 saturated carbocycles. The fraction of sp³-hybridized carbons (Fsp3) is 0.390. The smallest absolute Gasteiger partial charge is 0.410 e. The fourth-order valence-corrected chi connectivity index (χ4v) is 8.08. The number of amides is 2. The quantitative estimate of drug-likeness (QED) is 0.160. The fourth-order valence-electron chi connectivity index (χ4n) is 8.08. The predicted octanol–water partition coefficient (Wildman–Crippen LogP) is 7.70. The first-order valence-electron chi connectivity index (χ1n) is 17.7. The molecule has 3 heterocycles. The molecule has 2 aliphatic rings. The van der Waals surface area contributed by atoms with Crippen LogP contribution in [0.4, 0.5) is 4.79 Å². The second-order valence-corrected chi connectivity index (χ2v) is 14.6. The standard InChI is InChI=1S/C41H47N5O4/c1-7-33-31(20-21-44(33)24-27-14-10-8-11-15-27)38-42-32-22-30(23-35(49-6)37(32)43(38)5)39(47)45-26-29-18-19-34(45)36(29)46(40(48)50-41(2,3)4)25-28-16-12-9-13-17-28/h8-17,20-23,29,34,36H,7,18-19,24-26H2,1-6H3/t29-,34-,36-/m1/s1. The molecule has 2 amide bonds. The van der Waals surface area contributed by atoms with Crippen LogP contribution in [-0.4, -0.2) is 67.3 Å². The zero-order chi connectivity index (χ0) is 35.2. The Labute approximate surface area is 294 Å². The van der Waals surface area contributed by atoms with E-state index in [9.17, 15) is 9.59 Å². The number of piperidine rings is 1. The maximum Gasteiger partial charge on any atom is 0.410 e. The van der Waals surface area contributed by atoms with Crippen molar-refractivity contribution in [1.29, 1.82) is 0 Å². The van der Waals surface area contributed by atoms with Gasteiger partial charge in [-0.1, -0.05) is 67.6 Å². The average molecular weight is 674 g/mol. The molecule has 3 atom stereocenters. The van der Waals surface area contributed by atoms with E-state index in [4.69, 9.17) is 14.5 Å². The summed E-state index contributed by atoms with van der Waals surface area (Å²) in [6.07, 6.45) is 4.43. The average Bonchev–Trinajstić information content (AvgIpc) is 3.88. The van der Waals surface area contributed by atoms with Crippen LogP contribution in [0.3, 0.4) is 0 Å². The summed E-state index contributed by atoms with van der Waals surface area (Å²) in [5, 5.41) is 0. The van der Waals surface area contributed by atoms with E-state index in [1.54, 1.807) is 7.11 Å². The van der Waals surface area contributed by atoms with Crippen molar-refractivity contribution < 1.29 is 19.1 Å². The Kier molecular flexibility index (Phi) is 8.93. The van der Waals surface area contributed by atoms with E-state index in [-0.39, 0.29) is 30.0 Å². The molecule has 1 saturated heterocycles. The van der Waals surface area contributed by atoms with Crippen LogP contribution < -0.4 is 4.74 Å². The lowest BCUT2D eigenvalue weighted by Gasteiger charge is -2.35. The van der Waals surface area contributed by atoms with Crippen LogP contribution in [0.1, 0.15) is 67.7 Å². The highest BCUT2D eigenvalue weighted by atomic mass is 16.6. The lowest BCUT2D eigenvalue weighted by Crippen LogP contribution is -2.49. The number of methoxy groups -OCH3 is 1. The number of likely N-dealkylation sites (tertiary alicyclic amines) is 1. The molecule has 2 bridgehead atoms. The van der Waals surface area contributed by atoms with Crippen molar-refractivity contribution in [2.75, 3.05) is 13.7 Å². The van der Waals surface area contributed by atoms with E-state index in [2.05, 4.69) is 52.6 Å². The number of aromatic nitrogens is 3. The lowest BCUT2D eigenvalue weighted by atomic mass is 10.0. The summed E-state index contributed by atoms with van der Waals surface area (Å²) in [5.74, 6) is 1.54. The summed E-state index contributed by atoms with van der Waals surface area (Å²) in [6, 6.07) is 26.1. The topological polar surface area (TPSA) is 81.8 Å². The molecule has 7 rings (SSSR count). The SMILES string of the molecule is CCc1c(-c2nc3cc(C(=O)N4C[C@H]5CC[C@@H]4[C@@H]5N(Cc4ccccc4)C(=O)OC(C)(C)C)cc(OC)c3n2C)ccn1Cc1ccccc1. The maximum absolute atomic E-state index is 14.4. The summed E-state index contributed by atoms with van der Waals surface area (Å²) in [7, 11) is 3.64. The van der Waals surface area contributed by atoms with Crippen LogP contribution in [0.25, 0.3) is 22.4 Å². The van der Waals surface area contributed by atoms with Gasteiger partial charge in [-0.05, 0) is 75.3 Å². The largest absolute Gasteiger partial charge is 0.494 e. The molecule has 50 heavy (non-hydrogen) atoms. The van der Waals surface area contributed by atoms with Gasteiger partial charge in [-0.3, -0.25) is 9.69 Å². The molecule has 9 heteroatoms. The van der Waals surface area contributed by atoms with E-state index in [1.807, 2.05) is 86.1 Å². The van der Waals surface area contributed by atoms with E-state index in [1.165, 1.54) is 11.3 Å². The van der Waals surface area contributed by atoms with Gasteiger partial charge in [0.25, 0.3) is 5.91 Å². The lowest BCUT2D eigenvalue weighted by molar-refractivity contribution is 0.00952. The molecule has 2 aromatic heterocycles. The van der Waals surface area contributed by atoms with Crippen molar-refractivity contribution in [3.8, 4) is 17.1 Å². The Morgan fingerprint density at radius 3 is 2.32 bits per heavy atom. The molecule has 260 valence electrons. The number of ether oxygens (including phenoxy) is 2. The Morgan fingerprint density at radius 1 is 0.960 bits per heavy atom. The van der Waals surface area contributed by atoms with Crippen LogP contribution in [-0.2, 0) is 31.3 Å². The number of benzene rings is 3. The molecule has 0 spiro atoms. The van der Waals surface area contributed by atoms with Crippen LogP contribution >= 0.6 is 0 Å². The summed E-state index contributed by atoms with van der Waals surface area (Å²) in [4.78, 5) is 37.1. The molecule has 0 radical (unpaired) electrons. The monoisotopic (exact) mass is 673 g/mol. The Morgan fingerprint density at radius 2 is 1.66 bits per heavy atom. The van der Waals surface area contributed by atoms with Crippen molar-refractivity contribution in [2.45, 2.75) is 77.7 Å². The number of carbonyl (C=O) groups excluding carboxylic acids is 2. The number of fused-ring (bicyclic) bond motifs is 3. The van der Waals surface area contributed by atoms with Crippen molar-refractivity contribution in [2.24, 2.45) is 13.0 Å². The molecular weight excluding hydrogens is 626 g/mol. The molecule has 1 aliphatic carbocycles. The van der Waals surface area contributed by atoms with E-state index < -0.39 is 5.60 Å². The molecular formula is C41H47N5O4. The maximum atomic E-state index is 14.4. The zero-order valence-electron chi connectivity index (χ0n) is 29.9. The third-order valence-corrected chi connectivity index (χ3v) is 10.2. The van der Waals surface area contributed by atoms with E-state index >= 15 is 0 Å². The van der Waals surface area contributed by atoms with Gasteiger partial charge in [0.2, 0.25) is 0 Å². The minimum absolute atomic E-state index is 0.0679. The predicted molar refractivity (Wildman–Crippen MR) is 195 cm³/mol. The van der Waals surface area contributed by atoms with Crippen LogP contribution in [0.15, 0.2) is 85.1 Å². The van der Waals surface area contributed by atoms with Crippen LogP contribution in [0.5, 0.6) is 5.75 Å². The first-order chi connectivity index (χ1) is 24.1. The first kappa shape index (κ1) is 33.4. The van der Waals surface area contributed by atoms with E-state index in [0.29, 0.717) is 29.9 Å². The Hall–Kier alpha value is -5.05. The Bertz CT molecular complexity index is 2010. The number of hydrogen-bond acceptors (Lipinski definition) is 5. The number of aryl methyl sites for hydroxylation is 1. The van der Waals surface area contributed by atoms with Crippen LogP contribution in [0.2, 0.25) is 0 Å². The van der Waals surface area contributed by atoms with Gasteiger partial charge >= 0.3 is 6.09 Å². The first-order valence-corrected chi connectivity index (χ1v) is 17.7. The number of carbonyl (C=O) groups is 2. The van der Waals surface area contributed by atoms with Gasteiger partial charge in [-0.2, -0.15) is 0 Å². The third kappa shape index (κ3) is 6.25. The summed E-state index contributed by atoms with van der Waals surface area (Å²) in [6.45, 7) is 9.64. The number of hydrogen-bond donors (Lipinski definition) is 0. The summed E-state index contributed by atoms with van der Waals surface area (Å²) < 4.78 is 16.2. The third-order valence-electron chi connectivity index (χ3n) is 10.2.